The third-order valence-electron chi connectivity index (χ3n) is 9.17. The van der Waals surface area contributed by atoms with Crippen molar-refractivity contribution in [1.82, 2.24) is 5.32 Å². The van der Waals surface area contributed by atoms with Crippen molar-refractivity contribution in [2.75, 3.05) is 0 Å². The zero-order valence-corrected chi connectivity index (χ0v) is 26.6. The summed E-state index contributed by atoms with van der Waals surface area (Å²) >= 11 is 0. The molecule has 2 heterocycles. The predicted octanol–water partition coefficient (Wildman–Crippen LogP) is 11.1. The van der Waals surface area contributed by atoms with Gasteiger partial charge in [-0.1, -0.05) is 158 Å². The molecule has 1 aromatic heterocycles. The van der Waals surface area contributed by atoms with Crippen LogP contribution in [-0.2, 0) is 0 Å². The summed E-state index contributed by atoms with van der Waals surface area (Å²) < 4.78 is 6.44. The number of aliphatic imine (C=N–C) groups is 2. The number of amidine groups is 2. The lowest BCUT2D eigenvalue weighted by atomic mass is 9.97. The normalized spacial score (nSPS) is 14.3. The van der Waals surface area contributed by atoms with E-state index in [2.05, 4.69) is 139 Å². The largest absolute Gasteiger partial charge is 0.456 e. The molecule has 1 atom stereocenters. The van der Waals surface area contributed by atoms with E-state index >= 15 is 0 Å². The fourth-order valence-electron chi connectivity index (χ4n) is 6.65. The molecule has 232 valence electrons. The Morgan fingerprint density at radius 1 is 0.449 bits per heavy atom. The van der Waals surface area contributed by atoms with Crippen LogP contribution in [0, 0.1) is 0 Å². The molecule has 4 heteroatoms. The average Bonchev–Trinajstić information content (AvgIpc) is 3.57. The van der Waals surface area contributed by atoms with Crippen LogP contribution in [0.25, 0.3) is 55.3 Å². The van der Waals surface area contributed by atoms with E-state index in [4.69, 9.17) is 14.4 Å². The lowest BCUT2D eigenvalue weighted by Gasteiger charge is -2.24. The van der Waals surface area contributed by atoms with Gasteiger partial charge in [-0.3, -0.25) is 0 Å². The van der Waals surface area contributed by atoms with Crippen molar-refractivity contribution >= 4 is 33.6 Å². The number of nitrogens with zero attached hydrogens (tertiary/aromatic N) is 2. The minimum Gasteiger partial charge on any atom is -0.456 e. The number of fused-ring (bicyclic) bond motifs is 3. The fourth-order valence-corrected chi connectivity index (χ4v) is 6.65. The molecule has 0 saturated carbocycles. The Bertz CT molecular complexity index is 2480. The first kappa shape index (κ1) is 28.7. The van der Waals surface area contributed by atoms with Gasteiger partial charge >= 0.3 is 0 Å². The van der Waals surface area contributed by atoms with Crippen LogP contribution in [0.4, 0.5) is 0 Å². The highest BCUT2D eigenvalue weighted by molar-refractivity contribution is 6.22. The standard InChI is InChI=1S/C45H31N3O/c1-4-12-30(13-5-1)32-20-22-33(23-21-32)34-24-26-36(27-25-34)44-46-43(35-16-8-3-9-17-35)47-45(48-44)39-28-37(31-14-6-2-7-15-31)29-41-42(39)38-18-10-11-19-40(38)49-41/h1-29,44H,(H,46,47,48). The molecule has 0 spiro atoms. The second-order valence-electron chi connectivity index (χ2n) is 12.3. The Kier molecular flexibility index (Phi) is 7.17. The minimum atomic E-state index is -0.342. The van der Waals surface area contributed by atoms with Gasteiger partial charge < -0.3 is 9.73 Å². The first-order valence-corrected chi connectivity index (χ1v) is 16.5. The minimum absolute atomic E-state index is 0.342. The molecular formula is C45H31N3O. The second-order valence-corrected chi connectivity index (χ2v) is 12.3. The van der Waals surface area contributed by atoms with Crippen molar-refractivity contribution in [2.24, 2.45) is 9.98 Å². The molecule has 9 rings (SSSR count). The third kappa shape index (κ3) is 5.49. The van der Waals surface area contributed by atoms with Crippen LogP contribution >= 0.6 is 0 Å². The molecule has 0 amide bonds. The smallest absolute Gasteiger partial charge is 0.160 e. The van der Waals surface area contributed by atoms with Crippen LogP contribution < -0.4 is 5.32 Å². The van der Waals surface area contributed by atoms with Crippen molar-refractivity contribution in [3.05, 3.63) is 193 Å². The van der Waals surface area contributed by atoms with Crippen molar-refractivity contribution < 1.29 is 4.42 Å². The molecule has 8 aromatic rings. The lowest BCUT2D eigenvalue weighted by molar-refractivity contribution is 0.668. The first-order chi connectivity index (χ1) is 24.3. The second kappa shape index (κ2) is 12.3. The molecule has 0 saturated heterocycles. The van der Waals surface area contributed by atoms with E-state index in [9.17, 15) is 0 Å². The fraction of sp³-hybridized carbons (Fsp3) is 0.0222. The molecule has 7 aromatic carbocycles. The molecule has 0 fully saturated rings. The van der Waals surface area contributed by atoms with E-state index in [1.807, 2.05) is 42.5 Å². The van der Waals surface area contributed by atoms with Crippen molar-refractivity contribution in [2.45, 2.75) is 6.17 Å². The molecule has 1 aliphatic heterocycles. The van der Waals surface area contributed by atoms with E-state index in [0.29, 0.717) is 5.84 Å². The SMILES string of the molecule is c1ccc(C2=NC(c3cc(-c4ccccc4)cc4oc5ccccc5c34)=NC(c3ccc(-c4ccc(-c5ccccc5)cc4)cc3)N2)cc1. The van der Waals surface area contributed by atoms with Crippen LogP contribution in [0.2, 0.25) is 0 Å². The number of benzene rings is 7. The van der Waals surface area contributed by atoms with Gasteiger partial charge in [0, 0.05) is 21.9 Å². The maximum absolute atomic E-state index is 6.44. The Morgan fingerprint density at radius 3 is 1.59 bits per heavy atom. The summed E-state index contributed by atoms with van der Waals surface area (Å²) in [6.07, 6.45) is -0.342. The summed E-state index contributed by atoms with van der Waals surface area (Å²) in [6.45, 7) is 0. The molecular weight excluding hydrogens is 599 g/mol. The van der Waals surface area contributed by atoms with Crippen LogP contribution in [0.15, 0.2) is 190 Å². The summed E-state index contributed by atoms with van der Waals surface area (Å²) in [7, 11) is 0. The van der Waals surface area contributed by atoms with Crippen molar-refractivity contribution in [3.63, 3.8) is 0 Å². The molecule has 0 radical (unpaired) electrons. The third-order valence-corrected chi connectivity index (χ3v) is 9.17. The van der Waals surface area contributed by atoms with Gasteiger partial charge in [-0.15, -0.1) is 0 Å². The van der Waals surface area contributed by atoms with Crippen molar-refractivity contribution in [3.8, 4) is 33.4 Å². The Hall–Kier alpha value is -6.52. The number of rotatable bonds is 6. The molecule has 1 N–H and O–H groups in total. The van der Waals surface area contributed by atoms with Gasteiger partial charge in [0.15, 0.2) is 5.84 Å². The van der Waals surface area contributed by atoms with Gasteiger partial charge in [0.2, 0.25) is 0 Å². The Labute approximate surface area is 284 Å². The Morgan fingerprint density at radius 2 is 0.959 bits per heavy atom. The van der Waals surface area contributed by atoms with E-state index in [-0.39, 0.29) is 6.17 Å². The quantitative estimate of drug-likeness (QED) is 0.199. The highest BCUT2D eigenvalue weighted by Gasteiger charge is 2.24. The number of hydrogen-bond acceptors (Lipinski definition) is 4. The average molecular weight is 630 g/mol. The number of nitrogens with one attached hydrogen (secondary N) is 1. The Balaban J connectivity index is 1.15. The van der Waals surface area contributed by atoms with Crippen molar-refractivity contribution in [1.29, 1.82) is 0 Å². The monoisotopic (exact) mass is 629 g/mol. The van der Waals surface area contributed by atoms with E-state index in [1.54, 1.807) is 0 Å². The molecule has 4 nitrogen and oxygen atoms in total. The van der Waals surface area contributed by atoms with Gasteiger partial charge in [-0.05, 0) is 57.1 Å². The topological polar surface area (TPSA) is 49.9 Å². The zero-order valence-electron chi connectivity index (χ0n) is 26.6. The van der Waals surface area contributed by atoms with E-state index < -0.39 is 0 Å². The van der Waals surface area contributed by atoms with Gasteiger partial charge in [0.05, 0.1) is 0 Å². The summed E-state index contributed by atoms with van der Waals surface area (Å²) in [5.41, 5.74) is 11.6. The van der Waals surface area contributed by atoms with Crippen LogP contribution in [0.1, 0.15) is 22.9 Å². The lowest BCUT2D eigenvalue weighted by Crippen LogP contribution is -2.33. The summed E-state index contributed by atoms with van der Waals surface area (Å²) in [5, 5.41) is 5.69. The first-order valence-electron chi connectivity index (χ1n) is 16.5. The van der Waals surface area contributed by atoms with E-state index in [1.165, 1.54) is 16.7 Å². The molecule has 1 unspecified atom stereocenters. The zero-order chi connectivity index (χ0) is 32.6. The molecule has 1 aliphatic rings. The van der Waals surface area contributed by atoms with Crippen LogP contribution in [0.5, 0.6) is 0 Å². The number of furan rings is 1. The summed E-state index contributed by atoms with van der Waals surface area (Å²) in [6, 6.07) is 61.1. The summed E-state index contributed by atoms with van der Waals surface area (Å²) in [4.78, 5) is 10.5. The maximum atomic E-state index is 6.44. The molecule has 49 heavy (non-hydrogen) atoms. The van der Waals surface area contributed by atoms with Crippen LogP contribution in [-0.4, -0.2) is 11.7 Å². The summed E-state index contributed by atoms with van der Waals surface area (Å²) in [5.74, 6) is 1.44. The highest BCUT2D eigenvalue weighted by atomic mass is 16.3. The highest BCUT2D eigenvalue weighted by Crippen LogP contribution is 2.37. The van der Waals surface area contributed by atoms with Gasteiger partial charge in [-0.2, -0.15) is 0 Å². The number of hydrogen-bond donors (Lipinski definition) is 1. The maximum Gasteiger partial charge on any atom is 0.160 e. The molecule has 0 bridgehead atoms. The van der Waals surface area contributed by atoms with Gasteiger partial charge in [-0.25, -0.2) is 9.98 Å². The van der Waals surface area contributed by atoms with Gasteiger partial charge in [0.1, 0.15) is 23.2 Å². The van der Waals surface area contributed by atoms with Gasteiger partial charge in [0.25, 0.3) is 0 Å². The molecule has 0 aliphatic carbocycles. The van der Waals surface area contributed by atoms with E-state index in [0.717, 1.165) is 61.2 Å². The van der Waals surface area contributed by atoms with Crippen LogP contribution in [0.3, 0.4) is 0 Å². The predicted molar refractivity (Wildman–Crippen MR) is 202 cm³/mol. The number of para-hydroxylation sites is 1.